The van der Waals surface area contributed by atoms with E-state index in [1.54, 1.807) is 26.3 Å². The van der Waals surface area contributed by atoms with Crippen LogP contribution >= 0.6 is 11.6 Å². The molecule has 0 atom stereocenters. The number of likely N-dealkylation sites (N-methyl/N-ethyl adjacent to an activating group) is 1. The third-order valence-electron chi connectivity index (χ3n) is 3.76. The van der Waals surface area contributed by atoms with Crippen molar-refractivity contribution in [3.8, 4) is 17.2 Å². The number of hydrogen-bond acceptors (Lipinski definition) is 6. The largest absolute Gasteiger partial charge is 0.493 e. The van der Waals surface area contributed by atoms with Gasteiger partial charge in [0.1, 0.15) is 0 Å². The Morgan fingerprint density at radius 3 is 2.41 bits per heavy atom. The van der Waals surface area contributed by atoms with Crippen molar-refractivity contribution in [1.82, 2.24) is 4.90 Å². The van der Waals surface area contributed by atoms with Gasteiger partial charge in [-0.25, -0.2) is 0 Å². The number of methoxy groups -OCH3 is 2. The van der Waals surface area contributed by atoms with Gasteiger partial charge in [0.05, 0.1) is 19.1 Å². The van der Waals surface area contributed by atoms with Gasteiger partial charge in [0.15, 0.2) is 23.9 Å². The van der Waals surface area contributed by atoms with E-state index in [1.807, 2.05) is 6.07 Å². The first-order chi connectivity index (χ1) is 12.8. The molecule has 2 aromatic rings. The van der Waals surface area contributed by atoms with Gasteiger partial charge in [-0.05, 0) is 29.8 Å². The van der Waals surface area contributed by atoms with E-state index in [2.05, 4.69) is 0 Å². The molecule has 0 aliphatic rings. The Hall–Kier alpha value is -3.00. The Morgan fingerprint density at radius 1 is 1.11 bits per heavy atom. The number of benzene rings is 2. The Labute approximate surface area is 161 Å². The Morgan fingerprint density at radius 2 is 1.78 bits per heavy atom. The summed E-state index contributed by atoms with van der Waals surface area (Å²) in [5.41, 5.74) is 0.541. The van der Waals surface area contributed by atoms with Crippen molar-refractivity contribution in [1.29, 1.82) is 0 Å². The van der Waals surface area contributed by atoms with Crippen molar-refractivity contribution in [2.45, 2.75) is 6.54 Å². The van der Waals surface area contributed by atoms with Crippen LogP contribution in [-0.4, -0.2) is 43.6 Å². The summed E-state index contributed by atoms with van der Waals surface area (Å²) < 4.78 is 15.7. The second kappa shape index (κ2) is 9.09. The summed E-state index contributed by atoms with van der Waals surface area (Å²) in [6.45, 7) is -0.0302. The maximum absolute atomic E-state index is 12.3. The lowest BCUT2D eigenvalue weighted by Gasteiger charge is -2.18. The lowest BCUT2D eigenvalue weighted by atomic mass is 10.2. The zero-order chi connectivity index (χ0) is 20.0. The average Bonchev–Trinajstić information content (AvgIpc) is 2.66. The van der Waals surface area contributed by atoms with Gasteiger partial charge >= 0.3 is 5.69 Å². The van der Waals surface area contributed by atoms with Gasteiger partial charge in [-0.15, -0.1) is 0 Å². The molecule has 0 spiro atoms. The highest BCUT2D eigenvalue weighted by Gasteiger charge is 2.18. The van der Waals surface area contributed by atoms with Crippen LogP contribution in [0.2, 0.25) is 5.02 Å². The highest BCUT2D eigenvalue weighted by molar-refractivity contribution is 6.30. The van der Waals surface area contributed by atoms with Crippen LogP contribution in [0.1, 0.15) is 5.56 Å². The van der Waals surface area contributed by atoms with Crippen molar-refractivity contribution in [2.24, 2.45) is 0 Å². The maximum Gasteiger partial charge on any atom is 0.312 e. The summed E-state index contributed by atoms with van der Waals surface area (Å²) in [4.78, 5) is 24.2. The van der Waals surface area contributed by atoms with Crippen LogP contribution in [0, 0.1) is 10.1 Å². The van der Waals surface area contributed by atoms with E-state index in [9.17, 15) is 14.9 Å². The summed E-state index contributed by atoms with van der Waals surface area (Å²) in [7, 11) is 4.68. The lowest BCUT2D eigenvalue weighted by Crippen LogP contribution is -2.31. The van der Waals surface area contributed by atoms with E-state index in [4.69, 9.17) is 25.8 Å². The first-order valence-corrected chi connectivity index (χ1v) is 8.25. The molecule has 2 rings (SSSR count). The van der Waals surface area contributed by atoms with Crippen LogP contribution in [0.15, 0.2) is 36.4 Å². The number of amides is 1. The van der Waals surface area contributed by atoms with Crippen LogP contribution in [0.5, 0.6) is 17.2 Å². The molecule has 2 aromatic carbocycles. The molecule has 1 amide bonds. The average molecular weight is 395 g/mol. The van der Waals surface area contributed by atoms with Crippen molar-refractivity contribution < 1.29 is 23.9 Å². The van der Waals surface area contributed by atoms with Gasteiger partial charge in [-0.1, -0.05) is 17.7 Å². The first-order valence-electron chi connectivity index (χ1n) is 7.87. The molecular weight excluding hydrogens is 376 g/mol. The molecule has 144 valence electrons. The van der Waals surface area contributed by atoms with Gasteiger partial charge in [0, 0.05) is 24.7 Å². The van der Waals surface area contributed by atoms with Crippen molar-refractivity contribution in [2.75, 3.05) is 27.9 Å². The molecule has 0 aliphatic heterocycles. The van der Waals surface area contributed by atoms with E-state index in [0.29, 0.717) is 18.0 Å². The second-order valence-electron chi connectivity index (χ2n) is 5.60. The van der Waals surface area contributed by atoms with Crippen LogP contribution in [0.25, 0.3) is 0 Å². The van der Waals surface area contributed by atoms with Crippen molar-refractivity contribution in [3.63, 3.8) is 0 Å². The van der Waals surface area contributed by atoms with Gasteiger partial charge in [-0.2, -0.15) is 0 Å². The molecule has 0 fully saturated rings. The normalized spacial score (nSPS) is 10.2. The summed E-state index contributed by atoms with van der Waals surface area (Å²) in [6, 6.07) is 9.34. The molecule has 0 N–H and O–H groups in total. The molecule has 0 unspecified atom stereocenters. The zero-order valence-electron chi connectivity index (χ0n) is 15.1. The Bertz CT molecular complexity index is 843. The number of carbonyl (C=O) groups excluding carboxylic acids is 1. The predicted molar refractivity (Wildman–Crippen MR) is 99.6 cm³/mol. The highest BCUT2D eigenvalue weighted by atomic mass is 35.5. The van der Waals surface area contributed by atoms with E-state index in [-0.39, 0.29) is 29.0 Å². The number of rotatable bonds is 8. The van der Waals surface area contributed by atoms with E-state index < -0.39 is 4.92 Å². The van der Waals surface area contributed by atoms with Crippen LogP contribution in [-0.2, 0) is 11.3 Å². The van der Waals surface area contributed by atoms with Crippen LogP contribution in [0.4, 0.5) is 5.69 Å². The molecular formula is C18H19ClN2O6. The number of hydrogen-bond donors (Lipinski definition) is 0. The molecule has 0 heterocycles. The number of nitrogens with zero attached hydrogens (tertiary/aromatic N) is 2. The SMILES string of the molecule is COc1ccc(CN(C)C(=O)COc2ccc(Cl)cc2[N+](=O)[O-])cc1OC. The van der Waals surface area contributed by atoms with Gasteiger partial charge in [0.2, 0.25) is 0 Å². The van der Waals surface area contributed by atoms with E-state index in [0.717, 1.165) is 5.56 Å². The van der Waals surface area contributed by atoms with E-state index in [1.165, 1.54) is 30.2 Å². The predicted octanol–water partition coefficient (Wildman–Crippen LogP) is 3.30. The molecule has 0 radical (unpaired) electrons. The lowest BCUT2D eigenvalue weighted by molar-refractivity contribution is -0.385. The number of nitro benzene ring substituents is 1. The minimum Gasteiger partial charge on any atom is -0.493 e. The fourth-order valence-electron chi connectivity index (χ4n) is 2.35. The number of ether oxygens (including phenoxy) is 3. The number of nitro groups is 1. The van der Waals surface area contributed by atoms with E-state index >= 15 is 0 Å². The highest BCUT2D eigenvalue weighted by Crippen LogP contribution is 2.30. The Balaban J connectivity index is 2.01. The second-order valence-corrected chi connectivity index (χ2v) is 6.03. The van der Waals surface area contributed by atoms with Gasteiger partial charge in [-0.3, -0.25) is 14.9 Å². The topological polar surface area (TPSA) is 91.1 Å². The minimum atomic E-state index is -0.612. The number of carbonyl (C=O) groups is 1. The van der Waals surface area contributed by atoms with Gasteiger partial charge in [0.25, 0.3) is 5.91 Å². The summed E-state index contributed by atoms with van der Waals surface area (Å²) >= 11 is 5.76. The molecule has 0 bridgehead atoms. The standard InChI is InChI=1S/C18H19ClN2O6/c1-20(10-12-4-6-16(25-2)17(8-12)26-3)18(22)11-27-15-7-5-13(19)9-14(15)21(23)24/h4-9H,10-11H2,1-3H3. The molecule has 0 aliphatic carbocycles. The summed E-state index contributed by atoms with van der Waals surface area (Å²) in [5.74, 6) is 0.795. The van der Waals surface area contributed by atoms with Crippen LogP contribution < -0.4 is 14.2 Å². The minimum absolute atomic E-state index is 0.0164. The third-order valence-corrected chi connectivity index (χ3v) is 4.00. The monoisotopic (exact) mass is 394 g/mol. The molecule has 27 heavy (non-hydrogen) atoms. The quantitative estimate of drug-likeness (QED) is 0.504. The summed E-state index contributed by atoms with van der Waals surface area (Å²) in [5, 5.41) is 11.3. The Kier molecular flexibility index (Phi) is 6.84. The molecule has 9 heteroatoms. The van der Waals surface area contributed by atoms with Crippen molar-refractivity contribution in [3.05, 3.63) is 57.1 Å². The first kappa shape index (κ1) is 20.3. The number of halogens is 1. The molecule has 8 nitrogen and oxygen atoms in total. The molecule has 0 saturated heterocycles. The van der Waals surface area contributed by atoms with Crippen LogP contribution in [0.3, 0.4) is 0 Å². The zero-order valence-corrected chi connectivity index (χ0v) is 15.9. The fourth-order valence-corrected chi connectivity index (χ4v) is 2.51. The third kappa shape index (κ3) is 5.24. The maximum atomic E-state index is 12.3. The fraction of sp³-hybridized carbons (Fsp3) is 0.278. The van der Waals surface area contributed by atoms with Gasteiger partial charge < -0.3 is 19.1 Å². The molecule has 0 saturated carbocycles. The van der Waals surface area contributed by atoms with Crippen molar-refractivity contribution >= 4 is 23.2 Å². The summed E-state index contributed by atoms with van der Waals surface area (Å²) in [6.07, 6.45) is 0. The smallest absolute Gasteiger partial charge is 0.312 e. The molecule has 0 aromatic heterocycles.